The summed E-state index contributed by atoms with van der Waals surface area (Å²) in [5.41, 5.74) is 7.96. The van der Waals surface area contributed by atoms with Crippen LogP contribution < -0.4 is 11.2 Å². The average molecular weight is 313 g/mol. The third kappa shape index (κ3) is 3.38. The first-order chi connectivity index (χ1) is 10.3. The Morgan fingerprint density at radius 1 is 1.27 bits per heavy atom. The molecule has 8 heteroatoms. The predicted molar refractivity (Wildman–Crippen MR) is 75.3 cm³/mol. The lowest BCUT2D eigenvalue weighted by Crippen LogP contribution is -2.22. The number of benzene rings is 1. The molecule has 0 saturated heterocycles. The summed E-state index contributed by atoms with van der Waals surface area (Å²) in [6.45, 7) is 0. The molecule has 0 spiro atoms. The van der Waals surface area contributed by atoms with Crippen LogP contribution in [0.3, 0.4) is 0 Å². The maximum absolute atomic E-state index is 12.5. The minimum absolute atomic E-state index is 0.0256. The van der Waals surface area contributed by atoms with Crippen LogP contribution in [0.15, 0.2) is 40.7 Å². The molecule has 22 heavy (non-hydrogen) atoms. The molecule has 1 fully saturated rings. The first-order valence-corrected chi connectivity index (χ1v) is 6.52. The number of hydrazone groups is 1. The van der Waals surface area contributed by atoms with E-state index in [4.69, 9.17) is 5.73 Å². The second-order valence-corrected chi connectivity index (χ2v) is 4.77. The first-order valence-electron chi connectivity index (χ1n) is 6.52. The number of hydrogen-bond donors (Lipinski definition) is 3. The second kappa shape index (κ2) is 6.08. The van der Waals surface area contributed by atoms with E-state index in [1.807, 2.05) is 0 Å². The monoisotopic (exact) mass is 313 g/mol. The molecule has 0 radical (unpaired) electrons. The van der Waals surface area contributed by atoms with Crippen LogP contribution in [0.25, 0.3) is 0 Å². The molecule has 1 aliphatic carbocycles. The molecule has 0 unspecified atom stereocenters. The molecular formula is C14H14F3N3O2. The van der Waals surface area contributed by atoms with Crippen LogP contribution in [0.1, 0.15) is 29.6 Å². The number of carbonyl (C=O) groups excluding carboxylic acids is 1. The standard InChI is InChI=1S/C14H14F3N3O2/c15-14(16,17)12(21)9-5-3-7-11(9)19-20-13(22)8-4-1-2-6-10(8)18/h1-2,4,6,21H,3,5,7,18H2,(H,20,22)/b12-9-,19-11+. The number of nitrogens with two attached hydrogens (primary N) is 1. The van der Waals surface area contributed by atoms with Gasteiger partial charge in [-0.2, -0.15) is 18.3 Å². The molecule has 1 saturated carbocycles. The number of nitrogen functional groups attached to an aromatic ring is 1. The van der Waals surface area contributed by atoms with Crippen LogP contribution >= 0.6 is 0 Å². The van der Waals surface area contributed by atoms with Crippen molar-refractivity contribution in [1.82, 2.24) is 5.43 Å². The van der Waals surface area contributed by atoms with Gasteiger partial charge < -0.3 is 10.8 Å². The summed E-state index contributed by atoms with van der Waals surface area (Å²) in [5, 5.41) is 12.9. The van der Waals surface area contributed by atoms with E-state index in [1.165, 1.54) is 12.1 Å². The van der Waals surface area contributed by atoms with Gasteiger partial charge in [0.2, 0.25) is 5.76 Å². The van der Waals surface area contributed by atoms with Crippen LogP contribution in [0.5, 0.6) is 0 Å². The van der Waals surface area contributed by atoms with Gasteiger partial charge in [0.25, 0.3) is 5.91 Å². The summed E-state index contributed by atoms with van der Waals surface area (Å²) in [7, 11) is 0. The molecule has 1 aromatic carbocycles. The molecular weight excluding hydrogens is 299 g/mol. The normalized spacial score (nSPS) is 19.3. The molecule has 2 rings (SSSR count). The molecule has 4 N–H and O–H groups in total. The zero-order valence-corrected chi connectivity index (χ0v) is 11.4. The van der Waals surface area contributed by atoms with Gasteiger partial charge in [0.1, 0.15) is 0 Å². The Bertz CT molecular complexity index is 651. The lowest BCUT2D eigenvalue weighted by molar-refractivity contribution is -0.121. The number of aliphatic hydroxyl groups excluding tert-OH is 1. The van der Waals surface area contributed by atoms with Gasteiger partial charge in [-0.15, -0.1) is 0 Å². The van der Waals surface area contributed by atoms with E-state index in [9.17, 15) is 23.1 Å². The van der Waals surface area contributed by atoms with Gasteiger partial charge >= 0.3 is 6.18 Å². The quantitative estimate of drug-likeness (QED) is 0.445. The number of nitrogens with one attached hydrogen (secondary N) is 1. The SMILES string of the molecule is Nc1ccccc1C(=O)N/N=C1\CCC\C1=C(\O)C(F)(F)F. The molecule has 118 valence electrons. The Morgan fingerprint density at radius 2 is 1.95 bits per heavy atom. The number of amides is 1. The summed E-state index contributed by atoms with van der Waals surface area (Å²) in [6, 6.07) is 6.26. The number of hydrogen-bond acceptors (Lipinski definition) is 4. The van der Waals surface area contributed by atoms with E-state index in [2.05, 4.69) is 10.5 Å². The minimum Gasteiger partial charge on any atom is -0.504 e. The van der Waals surface area contributed by atoms with Crippen LogP contribution in [-0.4, -0.2) is 22.9 Å². The largest absolute Gasteiger partial charge is 0.504 e. The minimum atomic E-state index is -4.83. The van der Waals surface area contributed by atoms with Crippen molar-refractivity contribution in [3.8, 4) is 0 Å². The number of para-hydroxylation sites is 1. The fraction of sp³-hybridized carbons (Fsp3) is 0.286. The lowest BCUT2D eigenvalue weighted by atomic mass is 10.1. The number of nitrogens with zero attached hydrogens (tertiary/aromatic N) is 1. The fourth-order valence-electron chi connectivity index (χ4n) is 2.16. The third-order valence-corrected chi connectivity index (χ3v) is 3.24. The van der Waals surface area contributed by atoms with Gasteiger partial charge in [-0.25, -0.2) is 5.43 Å². The number of alkyl halides is 3. The Kier molecular flexibility index (Phi) is 4.39. The lowest BCUT2D eigenvalue weighted by Gasteiger charge is -2.09. The van der Waals surface area contributed by atoms with Gasteiger partial charge in [0.15, 0.2) is 0 Å². The highest BCUT2D eigenvalue weighted by molar-refractivity contribution is 6.04. The zero-order valence-electron chi connectivity index (χ0n) is 11.4. The van der Waals surface area contributed by atoms with Crippen molar-refractivity contribution in [2.75, 3.05) is 5.73 Å². The molecule has 0 aromatic heterocycles. The van der Waals surface area contributed by atoms with Gasteiger partial charge in [0.05, 0.1) is 11.3 Å². The van der Waals surface area contributed by atoms with E-state index >= 15 is 0 Å². The summed E-state index contributed by atoms with van der Waals surface area (Å²) in [6.07, 6.45) is -4.08. The van der Waals surface area contributed by atoms with Crippen molar-refractivity contribution in [2.45, 2.75) is 25.4 Å². The van der Waals surface area contributed by atoms with Gasteiger partial charge in [-0.1, -0.05) is 12.1 Å². The van der Waals surface area contributed by atoms with E-state index < -0.39 is 17.8 Å². The Morgan fingerprint density at radius 3 is 2.59 bits per heavy atom. The number of halogens is 3. The Balaban J connectivity index is 2.20. The van der Waals surface area contributed by atoms with Crippen molar-refractivity contribution in [2.24, 2.45) is 5.10 Å². The van der Waals surface area contributed by atoms with Crippen molar-refractivity contribution < 1.29 is 23.1 Å². The number of anilines is 1. The zero-order chi connectivity index (χ0) is 16.3. The van der Waals surface area contributed by atoms with Crippen molar-refractivity contribution in [3.63, 3.8) is 0 Å². The van der Waals surface area contributed by atoms with E-state index in [1.54, 1.807) is 12.1 Å². The number of carbonyl (C=O) groups is 1. The number of allylic oxidation sites excluding steroid dienone is 2. The smallest absolute Gasteiger partial charge is 0.449 e. The van der Waals surface area contributed by atoms with Crippen LogP contribution in [0.4, 0.5) is 18.9 Å². The highest BCUT2D eigenvalue weighted by Crippen LogP contribution is 2.32. The van der Waals surface area contributed by atoms with Crippen molar-refractivity contribution in [1.29, 1.82) is 0 Å². The summed E-state index contributed by atoms with van der Waals surface area (Å²) in [4.78, 5) is 11.9. The maximum Gasteiger partial charge on any atom is 0.449 e. The van der Waals surface area contributed by atoms with Gasteiger partial charge in [0, 0.05) is 11.3 Å². The Hall–Kier alpha value is -2.51. The molecule has 0 aliphatic heterocycles. The topological polar surface area (TPSA) is 87.7 Å². The van der Waals surface area contributed by atoms with E-state index in [-0.39, 0.29) is 35.4 Å². The molecule has 1 amide bonds. The van der Waals surface area contributed by atoms with Gasteiger partial charge in [-0.3, -0.25) is 4.79 Å². The maximum atomic E-state index is 12.5. The fourth-order valence-corrected chi connectivity index (χ4v) is 2.16. The summed E-state index contributed by atoms with van der Waals surface area (Å²) < 4.78 is 37.6. The van der Waals surface area contributed by atoms with Crippen molar-refractivity contribution >= 4 is 17.3 Å². The Labute approximate surface area is 124 Å². The third-order valence-electron chi connectivity index (χ3n) is 3.24. The average Bonchev–Trinajstić information content (AvgIpc) is 2.91. The molecule has 1 aliphatic rings. The molecule has 0 heterocycles. The summed E-state index contributed by atoms with van der Waals surface area (Å²) in [5.74, 6) is -2.28. The first kappa shape index (κ1) is 15.9. The van der Waals surface area contributed by atoms with Gasteiger partial charge in [-0.05, 0) is 31.4 Å². The van der Waals surface area contributed by atoms with E-state index in [0.717, 1.165) is 0 Å². The second-order valence-electron chi connectivity index (χ2n) is 4.77. The van der Waals surface area contributed by atoms with Crippen LogP contribution in [0, 0.1) is 0 Å². The molecule has 0 atom stereocenters. The van der Waals surface area contributed by atoms with E-state index in [0.29, 0.717) is 6.42 Å². The molecule has 0 bridgehead atoms. The van der Waals surface area contributed by atoms with Crippen LogP contribution in [-0.2, 0) is 0 Å². The highest BCUT2D eigenvalue weighted by atomic mass is 19.4. The molecule has 1 aromatic rings. The number of rotatable bonds is 2. The van der Waals surface area contributed by atoms with Crippen molar-refractivity contribution in [3.05, 3.63) is 41.2 Å². The summed E-state index contributed by atoms with van der Waals surface area (Å²) >= 11 is 0. The highest BCUT2D eigenvalue weighted by Gasteiger charge is 2.38. The molecule has 5 nitrogen and oxygen atoms in total. The number of aliphatic hydroxyl groups is 1. The van der Waals surface area contributed by atoms with Crippen LogP contribution in [0.2, 0.25) is 0 Å². The predicted octanol–water partition coefficient (Wildman–Crippen LogP) is 2.91.